The molecule has 0 saturated heterocycles. The van der Waals surface area contributed by atoms with E-state index in [1.54, 1.807) is 0 Å². The lowest BCUT2D eigenvalue weighted by Crippen LogP contribution is -2.52. The Labute approximate surface area is 205 Å². The van der Waals surface area contributed by atoms with Crippen LogP contribution in [0.3, 0.4) is 0 Å². The number of unbranched alkanes of at least 4 members (excludes halogenated alkanes) is 1. The average Bonchev–Trinajstić information content (AvgIpc) is 3.15. The van der Waals surface area contributed by atoms with Crippen LogP contribution in [0.15, 0.2) is 48.5 Å². The fraction of sp³-hybridized carbons (Fsp3) is 0.407. The van der Waals surface area contributed by atoms with E-state index in [1.807, 2.05) is 68.4 Å². The molecule has 3 rings (SSSR count). The van der Waals surface area contributed by atoms with Crippen LogP contribution in [0.4, 0.5) is 4.79 Å². The van der Waals surface area contributed by atoms with Crippen LogP contribution >= 0.6 is 0 Å². The number of hydrogen-bond donors (Lipinski definition) is 3. The number of aliphatic carboxylic acids is 1. The van der Waals surface area contributed by atoms with Gasteiger partial charge in [0.05, 0.1) is 6.07 Å². The second-order valence-corrected chi connectivity index (χ2v) is 9.10. The first-order valence-corrected chi connectivity index (χ1v) is 11.8. The number of carbonyl (C=O) groups is 3. The number of amides is 2. The number of ether oxygens (including phenoxy) is 1. The number of alkyl carbamates (subject to hydrolysis) is 1. The molecule has 0 bridgehead atoms. The number of nitrogens with one attached hydrogen (secondary N) is 2. The second-order valence-electron chi connectivity index (χ2n) is 9.10. The minimum atomic E-state index is -1.14. The van der Waals surface area contributed by atoms with E-state index in [0.717, 1.165) is 22.3 Å². The van der Waals surface area contributed by atoms with Gasteiger partial charge in [-0.15, -0.1) is 0 Å². The zero-order valence-electron chi connectivity index (χ0n) is 20.0. The Morgan fingerprint density at radius 1 is 1.00 bits per heavy atom. The predicted octanol–water partition coefficient (Wildman–Crippen LogP) is 4.20. The molecule has 0 saturated carbocycles. The third-order valence-electron chi connectivity index (χ3n) is 6.06. The van der Waals surface area contributed by atoms with Crippen molar-refractivity contribution in [2.45, 2.75) is 57.5 Å². The minimum Gasteiger partial charge on any atom is -0.480 e. The lowest BCUT2D eigenvalue weighted by Gasteiger charge is -2.22. The van der Waals surface area contributed by atoms with Crippen molar-refractivity contribution in [1.82, 2.24) is 10.6 Å². The molecule has 2 atom stereocenters. The first-order chi connectivity index (χ1) is 16.8. The van der Waals surface area contributed by atoms with E-state index >= 15 is 0 Å². The molecule has 0 aromatic heterocycles. The van der Waals surface area contributed by atoms with Crippen molar-refractivity contribution in [3.63, 3.8) is 0 Å². The number of carboxylic acids is 1. The van der Waals surface area contributed by atoms with Crippen LogP contribution in [0.2, 0.25) is 0 Å². The molecule has 1 aliphatic carbocycles. The van der Waals surface area contributed by atoms with E-state index in [9.17, 15) is 19.5 Å². The van der Waals surface area contributed by atoms with Gasteiger partial charge in [-0.2, -0.15) is 5.26 Å². The summed E-state index contributed by atoms with van der Waals surface area (Å²) in [5, 5.41) is 23.4. The van der Waals surface area contributed by atoms with Gasteiger partial charge < -0.3 is 20.5 Å². The topological polar surface area (TPSA) is 129 Å². The van der Waals surface area contributed by atoms with Gasteiger partial charge in [0.2, 0.25) is 5.91 Å². The van der Waals surface area contributed by atoms with Gasteiger partial charge in [0.25, 0.3) is 0 Å². The van der Waals surface area contributed by atoms with Gasteiger partial charge in [-0.3, -0.25) is 4.79 Å². The molecule has 0 fully saturated rings. The number of hydrogen-bond acceptors (Lipinski definition) is 5. The largest absolute Gasteiger partial charge is 0.480 e. The van der Waals surface area contributed by atoms with E-state index in [1.165, 1.54) is 0 Å². The number of fused-ring (bicyclic) bond motifs is 3. The molecule has 8 heteroatoms. The summed E-state index contributed by atoms with van der Waals surface area (Å²) in [4.78, 5) is 37.1. The Kier molecular flexibility index (Phi) is 8.85. The maximum absolute atomic E-state index is 12.8. The highest BCUT2D eigenvalue weighted by Crippen LogP contribution is 2.44. The molecule has 1 unspecified atom stereocenters. The quantitative estimate of drug-likeness (QED) is 0.416. The van der Waals surface area contributed by atoms with Crippen LogP contribution in [0, 0.1) is 17.2 Å². The summed E-state index contributed by atoms with van der Waals surface area (Å²) in [5.74, 6) is -1.81. The van der Waals surface area contributed by atoms with Gasteiger partial charge in [-0.25, -0.2) is 9.59 Å². The highest BCUT2D eigenvalue weighted by atomic mass is 16.5. The van der Waals surface area contributed by atoms with Crippen molar-refractivity contribution in [2.75, 3.05) is 6.61 Å². The molecular weight excluding hydrogens is 446 g/mol. The number of rotatable bonds is 11. The lowest BCUT2D eigenvalue weighted by atomic mass is 9.98. The van der Waals surface area contributed by atoms with E-state index in [2.05, 4.69) is 10.6 Å². The molecule has 0 spiro atoms. The molecule has 0 aliphatic heterocycles. The fourth-order valence-corrected chi connectivity index (χ4v) is 4.40. The Bertz CT molecular complexity index is 1060. The minimum absolute atomic E-state index is 0.0588. The predicted molar refractivity (Wildman–Crippen MR) is 130 cm³/mol. The zero-order valence-corrected chi connectivity index (χ0v) is 20.0. The molecule has 8 nitrogen and oxygen atoms in total. The summed E-state index contributed by atoms with van der Waals surface area (Å²) in [7, 11) is 0. The summed E-state index contributed by atoms with van der Waals surface area (Å²) >= 11 is 0. The Hall–Kier alpha value is -3.86. The van der Waals surface area contributed by atoms with Crippen molar-refractivity contribution in [3.05, 3.63) is 59.7 Å². The maximum atomic E-state index is 12.8. The lowest BCUT2D eigenvalue weighted by molar-refractivity contribution is -0.142. The molecular formula is C27H31N3O5. The van der Waals surface area contributed by atoms with Crippen LogP contribution in [0.5, 0.6) is 0 Å². The first kappa shape index (κ1) is 25.8. The van der Waals surface area contributed by atoms with Gasteiger partial charge in [0.15, 0.2) is 0 Å². The van der Waals surface area contributed by atoms with E-state index in [0.29, 0.717) is 6.42 Å². The van der Waals surface area contributed by atoms with Crippen LogP contribution in [-0.4, -0.2) is 41.8 Å². The third kappa shape index (κ3) is 6.60. The highest BCUT2D eigenvalue weighted by molar-refractivity contribution is 5.89. The Morgan fingerprint density at radius 2 is 1.60 bits per heavy atom. The van der Waals surface area contributed by atoms with Crippen molar-refractivity contribution < 1.29 is 24.2 Å². The molecule has 0 heterocycles. The van der Waals surface area contributed by atoms with Crippen LogP contribution in [-0.2, 0) is 14.3 Å². The number of nitriles is 1. The van der Waals surface area contributed by atoms with E-state index in [4.69, 9.17) is 10.00 Å². The number of carbonyl (C=O) groups excluding carboxylic acids is 2. The highest BCUT2D eigenvalue weighted by Gasteiger charge is 2.30. The van der Waals surface area contributed by atoms with Gasteiger partial charge >= 0.3 is 12.1 Å². The number of benzene rings is 2. The molecule has 2 amide bonds. The standard InChI is InChI=1S/C27H31N3O5/c1-17(2)15-24(26(32)33)29-25(31)23(13-7-8-14-28)30-27(34)35-16-22-20-11-5-3-9-18(20)19-10-4-6-12-21(19)22/h3-6,9-12,17,22-24H,7-8,13,15-16H2,1-2H3,(H,29,31)(H,30,34)(H,32,33)/t23?,24-/m1/s1. The van der Waals surface area contributed by atoms with Crippen molar-refractivity contribution >= 4 is 18.0 Å². The van der Waals surface area contributed by atoms with Gasteiger partial charge in [0.1, 0.15) is 18.7 Å². The van der Waals surface area contributed by atoms with Crippen LogP contribution in [0.1, 0.15) is 56.6 Å². The number of carboxylic acid groups (broad SMARTS) is 1. The van der Waals surface area contributed by atoms with Gasteiger partial charge in [-0.1, -0.05) is 62.4 Å². The molecule has 2 aromatic carbocycles. The van der Waals surface area contributed by atoms with Gasteiger partial charge in [-0.05, 0) is 47.4 Å². The van der Waals surface area contributed by atoms with Crippen LogP contribution in [0.25, 0.3) is 11.1 Å². The van der Waals surface area contributed by atoms with Crippen molar-refractivity contribution in [2.24, 2.45) is 5.92 Å². The summed E-state index contributed by atoms with van der Waals surface area (Å²) in [6, 6.07) is 15.9. The molecule has 3 N–H and O–H groups in total. The third-order valence-corrected chi connectivity index (χ3v) is 6.06. The van der Waals surface area contributed by atoms with Gasteiger partial charge in [0, 0.05) is 12.3 Å². The van der Waals surface area contributed by atoms with E-state index in [-0.39, 0.29) is 37.7 Å². The average molecular weight is 478 g/mol. The smallest absolute Gasteiger partial charge is 0.407 e. The first-order valence-electron chi connectivity index (χ1n) is 11.8. The van der Waals surface area contributed by atoms with Crippen molar-refractivity contribution in [3.8, 4) is 17.2 Å². The second kappa shape index (κ2) is 12.0. The molecule has 0 radical (unpaired) electrons. The molecule has 35 heavy (non-hydrogen) atoms. The maximum Gasteiger partial charge on any atom is 0.407 e. The molecule has 2 aromatic rings. The summed E-state index contributed by atoms with van der Waals surface area (Å²) in [6.45, 7) is 3.82. The summed E-state index contributed by atoms with van der Waals surface area (Å²) in [5.41, 5.74) is 4.36. The summed E-state index contributed by atoms with van der Waals surface area (Å²) in [6.07, 6.45) is 0.277. The monoisotopic (exact) mass is 477 g/mol. The zero-order chi connectivity index (χ0) is 25.4. The Morgan fingerprint density at radius 3 is 2.14 bits per heavy atom. The van der Waals surface area contributed by atoms with Crippen LogP contribution < -0.4 is 10.6 Å². The van der Waals surface area contributed by atoms with E-state index < -0.39 is 30.1 Å². The fourth-order valence-electron chi connectivity index (χ4n) is 4.40. The normalized spacial score (nSPS) is 13.8. The molecule has 1 aliphatic rings. The molecule has 184 valence electrons. The SMILES string of the molecule is CC(C)C[C@@H](NC(=O)C(CCCC#N)NC(=O)OCC1c2ccccc2-c2ccccc21)C(=O)O. The Balaban J connectivity index is 1.66. The van der Waals surface area contributed by atoms with Crippen molar-refractivity contribution in [1.29, 1.82) is 5.26 Å². The summed E-state index contributed by atoms with van der Waals surface area (Å²) < 4.78 is 5.53. The number of nitrogens with zero attached hydrogens (tertiary/aromatic N) is 1.